The molecular weight excluding hydrogens is 114 g/mol. The molecular formula is C7H13NO. The fourth-order valence-corrected chi connectivity index (χ4v) is 1.17. The molecule has 1 heterocycles. The molecule has 2 N–H and O–H groups in total. The summed E-state index contributed by atoms with van der Waals surface area (Å²) in [5, 5.41) is 12.3. The zero-order chi connectivity index (χ0) is 6.85. The molecule has 0 amide bonds. The average molecular weight is 127 g/mol. The third-order valence-corrected chi connectivity index (χ3v) is 1.82. The third kappa shape index (κ3) is 1.32. The molecule has 0 aromatic heterocycles. The lowest BCUT2D eigenvalue weighted by molar-refractivity contribution is 0.163. The molecule has 1 rings (SSSR count). The van der Waals surface area contributed by atoms with Crippen LogP contribution in [0.15, 0.2) is 12.2 Å². The maximum Gasteiger partial charge on any atom is 0.0741 e. The Labute approximate surface area is 55.6 Å². The van der Waals surface area contributed by atoms with Gasteiger partial charge in [0, 0.05) is 19.0 Å². The Morgan fingerprint density at radius 3 is 2.56 bits per heavy atom. The van der Waals surface area contributed by atoms with Crippen molar-refractivity contribution in [2.24, 2.45) is 5.92 Å². The van der Waals surface area contributed by atoms with Crippen molar-refractivity contribution in [1.82, 2.24) is 5.32 Å². The first-order valence-electron chi connectivity index (χ1n) is 3.26. The van der Waals surface area contributed by atoms with Gasteiger partial charge in [-0.05, 0) is 6.92 Å². The van der Waals surface area contributed by atoms with Crippen LogP contribution in [0.25, 0.3) is 0 Å². The number of hydrogen-bond acceptors (Lipinski definition) is 2. The van der Waals surface area contributed by atoms with Gasteiger partial charge in [0.15, 0.2) is 0 Å². The molecule has 0 aliphatic carbocycles. The van der Waals surface area contributed by atoms with Gasteiger partial charge < -0.3 is 10.4 Å². The Morgan fingerprint density at radius 2 is 2.33 bits per heavy atom. The van der Waals surface area contributed by atoms with Gasteiger partial charge in [-0.3, -0.25) is 0 Å². The van der Waals surface area contributed by atoms with E-state index in [0.29, 0.717) is 0 Å². The third-order valence-electron chi connectivity index (χ3n) is 1.82. The summed E-state index contributed by atoms with van der Waals surface area (Å²) in [6.45, 7) is 7.35. The molecule has 2 heteroatoms. The van der Waals surface area contributed by atoms with Crippen molar-refractivity contribution in [2.45, 2.75) is 13.0 Å². The van der Waals surface area contributed by atoms with Crippen LogP contribution in [0.3, 0.4) is 0 Å². The first-order chi connectivity index (χ1) is 4.22. The molecule has 1 saturated heterocycles. The zero-order valence-corrected chi connectivity index (χ0v) is 5.72. The topological polar surface area (TPSA) is 32.3 Å². The lowest BCUT2D eigenvalue weighted by Crippen LogP contribution is -2.18. The second-order valence-electron chi connectivity index (χ2n) is 2.68. The summed E-state index contributed by atoms with van der Waals surface area (Å²) in [6, 6.07) is 0. The Balaban J connectivity index is 2.49. The Kier molecular flexibility index (Phi) is 1.88. The largest absolute Gasteiger partial charge is 0.391 e. The minimum Gasteiger partial charge on any atom is -0.391 e. The lowest BCUT2D eigenvalue weighted by Gasteiger charge is -2.11. The second-order valence-corrected chi connectivity index (χ2v) is 2.68. The first kappa shape index (κ1) is 6.78. The summed E-state index contributed by atoms with van der Waals surface area (Å²) < 4.78 is 0. The van der Waals surface area contributed by atoms with Crippen LogP contribution in [-0.4, -0.2) is 24.3 Å². The number of β-amino-alcohol motifs (C(OH)–C–C–N with tert-alkyl or cyclic N) is 1. The Morgan fingerprint density at radius 1 is 1.67 bits per heavy atom. The van der Waals surface area contributed by atoms with Gasteiger partial charge in [0.1, 0.15) is 0 Å². The summed E-state index contributed by atoms with van der Waals surface area (Å²) >= 11 is 0. The maximum absolute atomic E-state index is 9.24. The summed E-state index contributed by atoms with van der Waals surface area (Å²) in [5.41, 5.74) is 1.08. The van der Waals surface area contributed by atoms with Gasteiger partial charge in [-0.25, -0.2) is 0 Å². The summed E-state index contributed by atoms with van der Waals surface area (Å²) in [5.74, 6) is 0.282. The number of nitrogens with one attached hydrogen (secondary N) is 1. The number of aliphatic hydroxyl groups excluding tert-OH is 1. The van der Waals surface area contributed by atoms with Crippen LogP contribution in [0, 0.1) is 5.92 Å². The van der Waals surface area contributed by atoms with E-state index >= 15 is 0 Å². The first-order valence-corrected chi connectivity index (χ1v) is 3.26. The van der Waals surface area contributed by atoms with Gasteiger partial charge in [0.25, 0.3) is 0 Å². The maximum atomic E-state index is 9.24. The fourth-order valence-electron chi connectivity index (χ4n) is 1.17. The second kappa shape index (κ2) is 2.50. The minimum atomic E-state index is -0.206. The van der Waals surface area contributed by atoms with E-state index in [1.807, 2.05) is 6.92 Å². The molecule has 1 aliphatic rings. The molecule has 0 bridgehead atoms. The van der Waals surface area contributed by atoms with Gasteiger partial charge >= 0.3 is 0 Å². The summed E-state index contributed by atoms with van der Waals surface area (Å²) in [6.07, 6.45) is -0.206. The van der Waals surface area contributed by atoms with Crippen molar-refractivity contribution in [1.29, 1.82) is 0 Å². The van der Waals surface area contributed by atoms with E-state index in [1.54, 1.807) is 0 Å². The number of hydrogen-bond donors (Lipinski definition) is 2. The molecule has 2 atom stereocenters. The van der Waals surface area contributed by atoms with Gasteiger partial charge in [-0.2, -0.15) is 0 Å². The predicted molar refractivity (Wildman–Crippen MR) is 37.2 cm³/mol. The molecule has 0 aromatic carbocycles. The predicted octanol–water partition coefficient (Wildman–Crippen LogP) is 0.143. The molecule has 1 fully saturated rings. The van der Waals surface area contributed by atoms with E-state index < -0.39 is 0 Å². The van der Waals surface area contributed by atoms with Crippen LogP contribution in [-0.2, 0) is 0 Å². The monoisotopic (exact) mass is 127 g/mol. The average Bonchev–Trinajstić information content (AvgIpc) is 2.13. The van der Waals surface area contributed by atoms with Crippen LogP contribution in [0.4, 0.5) is 0 Å². The number of aliphatic hydroxyl groups is 1. The molecule has 2 unspecified atom stereocenters. The fraction of sp³-hybridized carbons (Fsp3) is 0.714. The molecule has 0 spiro atoms. The van der Waals surface area contributed by atoms with Crippen LogP contribution < -0.4 is 5.32 Å². The quantitative estimate of drug-likeness (QED) is 0.491. The standard InChI is InChI=1S/C7H13NO/c1-5(2)6-3-8-4-7(6)9/h6-9H,1,3-4H2,2H3. The highest BCUT2D eigenvalue weighted by molar-refractivity contribution is 5.03. The Bertz CT molecular complexity index is 122. The van der Waals surface area contributed by atoms with Gasteiger partial charge in [0.2, 0.25) is 0 Å². The van der Waals surface area contributed by atoms with E-state index in [-0.39, 0.29) is 12.0 Å². The van der Waals surface area contributed by atoms with Gasteiger partial charge in [0.05, 0.1) is 6.10 Å². The van der Waals surface area contributed by atoms with E-state index in [4.69, 9.17) is 0 Å². The van der Waals surface area contributed by atoms with E-state index in [0.717, 1.165) is 18.7 Å². The van der Waals surface area contributed by atoms with Crippen molar-refractivity contribution in [3.05, 3.63) is 12.2 Å². The highest BCUT2D eigenvalue weighted by Crippen LogP contribution is 2.15. The van der Waals surface area contributed by atoms with Gasteiger partial charge in [-0.15, -0.1) is 0 Å². The van der Waals surface area contributed by atoms with Crippen LogP contribution in [0.5, 0.6) is 0 Å². The molecule has 9 heavy (non-hydrogen) atoms. The van der Waals surface area contributed by atoms with E-state index in [9.17, 15) is 5.11 Å². The van der Waals surface area contributed by atoms with E-state index in [1.165, 1.54) is 0 Å². The van der Waals surface area contributed by atoms with Crippen LogP contribution >= 0.6 is 0 Å². The van der Waals surface area contributed by atoms with Crippen molar-refractivity contribution >= 4 is 0 Å². The van der Waals surface area contributed by atoms with Crippen molar-refractivity contribution in [2.75, 3.05) is 13.1 Å². The Hall–Kier alpha value is -0.340. The molecule has 2 nitrogen and oxygen atoms in total. The molecule has 0 radical (unpaired) electrons. The van der Waals surface area contributed by atoms with Crippen molar-refractivity contribution < 1.29 is 5.11 Å². The summed E-state index contributed by atoms with van der Waals surface area (Å²) in [4.78, 5) is 0. The van der Waals surface area contributed by atoms with E-state index in [2.05, 4.69) is 11.9 Å². The van der Waals surface area contributed by atoms with Crippen molar-refractivity contribution in [3.63, 3.8) is 0 Å². The smallest absolute Gasteiger partial charge is 0.0741 e. The SMILES string of the molecule is C=C(C)C1CNCC1O. The highest BCUT2D eigenvalue weighted by atomic mass is 16.3. The normalized spacial score (nSPS) is 34.9. The number of rotatable bonds is 1. The van der Waals surface area contributed by atoms with Crippen molar-refractivity contribution in [3.8, 4) is 0 Å². The van der Waals surface area contributed by atoms with Gasteiger partial charge in [-0.1, -0.05) is 12.2 Å². The molecule has 0 aromatic rings. The minimum absolute atomic E-state index is 0.206. The molecule has 52 valence electrons. The highest BCUT2D eigenvalue weighted by Gasteiger charge is 2.24. The molecule has 0 saturated carbocycles. The molecule has 1 aliphatic heterocycles. The zero-order valence-electron chi connectivity index (χ0n) is 5.72. The van der Waals surface area contributed by atoms with Crippen LogP contribution in [0.1, 0.15) is 6.92 Å². The lowest BCUT2D eigenvalue weighted by atomic mass is 9.99. The van der Waals surface area contributed by atoms with Crippen LogP contribution in [0.2, 0.25) is 0 Å². The summed E-state index contributed by atoms with van der Waals surface area (Å²) in [7, 11) is 0.